The molecule has 2 unspecified atom stereocenters. The molecule has 1 aliphatic carbocycles. The predicted molar refractivity (Wildman–Crippen MR) is 80.8 cm³/mol. The number of nitrogens with zero attached hydrogens (tertiary/aromatic N) is 2. The van der Waals surface area contributed by atoms with Gasteiger partial charge in [-0.05, 0) is 32.6 Å². The first kappa shape index (κ1) is 15.0. The summed E-state index contributed by atoms with van der Waals surface area (Å²) in [5, 5.41) is 3.53. The average molecular weight is 278 g/mol. The summed E-state index contributed by atoms with van der Waals surface area (Å²) in [4.78, 5) is 8.69. The minimum absolute atomic E-state index is 0.0661. The average Bonchev–Trinajstić information content (AvgIpc) is 2.41. The molecule has 2 rings (SSSR count). The van der Waals surface area contributed by atoms with Crippen LogP contribution in [0.2, 0.25) is 0 Å². The van der Waals surface area contributed by atoms with Gasteiger partial charge in [-0.1, -0.05) is 19.8 Å². The predicted octanol–water partition coefficient (Wildman–Crippen LogP) is 2.58. The zero-order chi connectivity index (χ0) is 14.6. The van der Waals surface area contributed by atoms with Gasteiger partial charge in [0.25, 0.3) is 0 Å². The Kier molecular flexibility index (Phi) is 4.81. The zero-order valence-electron chi connectivity index (χ0n) is 12.7. The fourth-order valence-electron chi connectivity index (χ4n) is 2.92. The lowest BCUT2D eigenvalue weighted by Crippen LogP contribution is -2.52. The molecule has 1 aliphatic rings. The maximum atomic E-state index is 6.05. The Labute approximate surface area is 121 Å². The lowest BCUT2D eigenvalue weighted by Gasteiger charge is -2.43. The molecule has 0 saturated heterocycles. The molecule has 5 nitrogen and oxygen atoms in total. The van der Waals surface area contributed by atoms with Crippen molar-refractivity contribution in [1.29, 1.82) is 0 Å². The Morgan fingerprint density at radius 2 is 2.25 bits per heavy atom. The molecule has 0 radical (unpaired) electrons. The molecule has 1 saturated carbocycles. The van der Waals surface area contributed by atoms with Crippen molar-refractivity contribution < 1.29 is 4.74 Å². The molecule has 0 amide bonds. The quantitative estimate of drug-likeness (QED) is 0.866. The second-order valence-corrected chi connectivity index (χ2v) is 6.04. The Balaban J connectivity index is 2.14. The van der Waals surface area contributed by atoms with Crippen molar-refractivity contribution in [2.75, 3.05) is 11.9 Å². The van der Waals surface area contributed by atoms with E-state index in [9.17, 15) is 0 Å². The number of aromatic nitrogens is 2. The maximum absolute atomic E-state index is 6.05. The Morgan fingerprint density at radius 1 is 1.45 bits per heavy atom. The van der Waals surface area contributed by atoms with Gasteiger partial charge in [0.15, 0.2) is 0 Å². The normalized spacial score (nSPS) is 26.6. The number of rotatable bonds is 5. The van der Waals surface area contributed by atoms with Gasteiger partial charge in [-0.25, -0.2) is 0 Å². The van der Waals surface area contributed by atoms with E-state index in [-0.39, 0.29) is 11.6 Å². The monoisotopic (exact) mass is 278 g/mol. The largest absolute Gasteiger partial charge is 0.474 e. The van der Waals surface area contributed by atoms with Crippen LogP contribution in [-0.2, 0) is 0 Å². The SMILES string of the molecule is CC(C)Oc1cncc(NC2(CN)CCCCC2C)n1. The van der Waals surface area contributed by atoms with Gasteiger partial charge in [0, 0.05) is 6.54 Å². The molecule has 5 heteroatoms. The smallest absolute Gasteiger partial charge is 0.234 e. The lowest BCUT2D eigenvalue weighted by atomic mass is 9.73. The van der Waals surface area contributed by atoms with Gasteiger partial charge < -0.3 is 15.8 Å². The van der Waals surface area contributed by atoms with Crippen molar-refractivity contribution in [2.45, 2.75) is 58.1 Å². The molecular formula is C15H26N4O. The second kappa shape index (κ2) is 6.39. The highest BCUT2D eigenvalue weighted by molar-refractivity contribution is 5.38. The van der Waals surface area contributed by atoms with Gasteiger partial charge in [-0.15, -0.1) is 0 Å². The highest BCUT2D eigenvalue weighted by Gasteiger charge is 2.37. The molecule has 0 aromatic carbocycles. The van der Waals surface area contributed by atoms with Crippen molar-refractivity contribution in [2.24, 2.45) is 11.7 Å². The number of hydrogen-bond donors (Lipinski definition) is 2. The van der Waals surface area contributed by atoms with Crippen molar-refractivity contribution in [3.05, 3.63) is 12.4 Å². The van der Waals surface area contributed by atoms with Gasteiger partial charge >= 0.3 is 0 Å². The van der Waals surface area contributed by atoms with Crippen LogP contribution in [0.5, 0.6) is 5.88 Å². The van der Waals surface area contributed by atoms with Crippen LogP contribution < -0.4 is 15.8 Å². The van der Waals surface area contributed by atoms with Crippen LogP contribution in [0.25, 0.3) is 0 Å². The lowest BCUT2D eigenvalue weighted by molar-refractivity contribution is 0.227. The molecule has 1 fully saturated rings. The molecule has 112 valence electrons. The van der Waals surface area contributed by atoms with Crippen LogP contribution in [0, 0.1) is 5.92 Å². The van der Waals surface area contributed by atoms with Gasteiger partial charge in [0.05, 0.1) is 24.0 Å². The standard InChI is InChI=1S/C15H26N4O/c1-11(2)20-14-9-17-8-13(18-14)19-15(10-16)7-5-4-6-12(15)3/h8-9,11-12H,4-7,10,16H2,1-3H3,(H,18,19). The van der Waals surface area contributed by atoms with E-state index < -0.39 is 0 Å². The van der Waals surface area contributed by atoms with E-state index in [1.165, 1.54) is 19.3 Å². The third-order valence-electron chi connectivity index (χ3n) is 4.16. The number of ether oxygens (including phenoxy) is 1. The van der Waals surface area contributed by atoms with Crippen LogP contribution >= 0.6 is 0 Å². The van der Waals surface area contributed by atoms with E-state index in [0.29, 0.717) is 18.3 Å². The van der Waals surface area contributed by atoms with E-state index in [1.54, 1.807) is 12.4 Å². The van der Waals surface area contributed by atoms with Gasteiger partial charge in [-0.3, -0.25) is 4.98 Å². The summed E-state index contributed by atoms with van der Waals surface area (Å²) in [5.74, 6) is 1.85. The summed E-state index contributed by atoms with van der Waals surface area (Å²) < 4.78 is 5.59. The molecule has 1 aromatic heterocycles. The van der Waals surface area contributed by atoms with Crippen LogP contribution in [0.1, 0.15) is 46.5 Å². The number of anilines is 1. The van der Waals surface area contributed by atoms with E-state index in [2.05, 4.69) is 22.2 Å². The molecule has 20 heavy (non-hydrogen) atoms. The first-order valence-corrected chi connectivity index (χ1v) is 7.53. The van der Waals surface area contributed by atoms with Gasteiger partial charge in [0.2, 0.25) is 5.88 Å². The first-order valence-electron chi connectivity index (χ1n) is 7.53. The van der Waals surface area contributed by atoms with Crippen molar-refractivity contribution in [3.63, 3.8) is 0 Å². The molecule has 1 heterocycles. The maximum Gasteiger partial charge on any atom is 0.234 e. The topological polar surface area (TPSA) is 73.1 Å². The van der Waals surface area contributed by atoms with Crippen LogP contribution in [0.15, 0.2) is 12.4 Å². The molecule has 0 aliphatic heterocycles. The summed E-state index contributed by atoms with van der Waals surface area (Å²) in [6.07, 6.45) is 8.27. The number of nitrogens with one attached hydrogen (secondary N) is 1. The molecule has 1 aromatic rings. The Hall–Kier alpha value is -1.36. The number of nitrogens with two attached hydrogens (primary N) is 1. The van der Waals surface area contributed by atoms with Gasteiger partial charge in [0.1, 0.15) is 5.82 Å². The van der Waals surface area contributed by atoms with Crippen molar-refractivity contribution >= 4 is 5.82 Å². The number of hydrogen-bond acceptors (Lipinski definition) is 5. The minimum atomic E-state index is -0.0661. The van der Waals surface area contributed by atoms with Gasteiger partial charge in [-0.2, -0.15) is 4.98 Å². The minimum Gasteiger partial charge on any atom is -0.474 e. The molecule has 2 atom stereocenters. The fourth-order valence-corrected chi connectivity index (χ4v) is 2.92. The molecule has 0 bridgehead atoms. The summed E-state index contributed by atoms with van der Waals surface area (Å²) >= 11 is 0. The summed E-state index contributed by atoms with van der Waals surface area (Å²) in [6.45, 7) is 6.84. The Bertz CT molecular complexity index is 438. The molecular weight excluding hydrogens is 252 g/mol. The van der Waals surface area contributed by atoms with Crippen LogP contribution in [0.4, 0.5) is 5.82 Å². The van der Waals surface area contributed by atoms with E-state index in [4.69, 9.17) is 10.5 Å². The highest BCUT2D eigenvalue weighted by Crippen LogP contribution is 2.35. The van der Waals surface area contributed by atoms with E-state index >= 15 is 0 Å². The van der Waals surface area contributed by atoms with Crippen molar-refractivity contribution in [1.82, 2.24) is 9.97 Å². The fraction of sp³-hybridized carbons (Fsp3) is 0.733. The van der Waals surface area contributed by atoms with E-state index in [1.807, 2.05) is 13.8 Å². The Morgan fingerprint density at radius 3 is 2.90 bits per heavy atom. The third-order valence-corrected chi connectivity index (χ3v) is 4.16. The summed E-state index contributed by atoms with van der Waals surface area (Å²) in [6, 6.07) is 0. The van der Waals surface area contributed by atoms with Crippen molar-refractivity contribution in [3.8, 4) is 5.88 Å². The molecule has 0 spiro atoms. The third kappa shape index (κ3) is 3.39. The highest BCUT2D eigenvalue weighted by atomic mass is 16.5. The van der Waals surface area contributed by atoms with Crippen LogP contribution in [-0.4, -0.2) is 28.2 Å². The zero-order valence-corrected chi connectivity index (χ0v) is 12.7. The first-order chi connectivity index (χ1) is 9.55. The second-order valence-electron chi connectivity index (χ2n) is 6.04. The summed E-state index contributed by atoms with van der Waals surface area (Å²) in [7, 11) is 0. The summed E-state index contributed by atoms with van der Waals surface area (Å²) in [5.41, 5.74) is 5.99. The molecule has 3 N–H and O–H groups in total. The van der Waals surface area contributed by atoms with E-state index in [0.717, 1.165) is 12.2 Å². The van der Waals surface area contributed by atoms with Crippen LogP contribution in [0.3, 0.4) is 0 Å².